The first-order valence-corrected chi connectivity index (χ1v) is 9.77. The molecule has 1 aromatic carbocycles. The fraction of sp³-hybridized carbons (Fsp3) is 0.238. The van der Waals surface area contributed by atoms with E-state index in [1.165, 1.54) is 40.2 Å². The van der Waals surface area contributed by atoms with Crippen LogP contribution in [0.15, 0.2) is 42.7 Å². The predicted molar refractivity (Wildman–Crippen MR) is 124 cm³/mol. The third kappa shape index (κ3) is 4.51. The molecule has 2 aromatic heterocycles. The molecular formula is C21H21F3N6O3S. The summed E-state index contributed by atoms with van der Waals surface area (Å²) >= 11 is 0. The van der Waals surface area contributed by atoms with Crippen molar-refractivity contribution in [1.82, 2.24) is 14.8 Å². The van der Waals surface area contributed by atoms with Crippen molar-refractivity contribution < 1.29 is 27.5 Å². The monoisotopic (exact) mass is 494 g/mol. The standard InChI is InChI=1S/C21H19F3N6O3.H2S/c1-11-10-29(13-4-5-14(21(22,23)24)16(7-13)33-2)20(32)18-15(9-27-30(11)18)28-19(31)12-3-6-17(25)26-8-12;/h3-9,11H,10H2,1-2H3,(H2,25,26)(H,28,31);1H2/t11-;/m0./s1. The van der Waals surface area contributed by atoms with Gasteiger partial charge in [-0.25, -0.2) is 4.98 Å². The van der Waals surface area contributed by atoms with Crippen LogP contribution in [-0.2, 0) is 6.18 Å². The number of carbonyl (C=O) groups is 2. The number of nitrogen functional groups attached to an aromatic ring is 1. The number of amides is 2. The summed E-state index contributed by atoms with van der Waals surface area (Å²) in [6.45, 7) is 1.96. The summed E-state index contributed by atoms with van der Waals surface area (Å²) in [5.41, 5.74) is 5.31. The third-order valence-corrected chi connectivity index (χ3v) is 5.21. The van der Waals surface area contributed by atoms with Crippen LogP contribution in [0.5, 0.6) is 5.75 Å². The number of fused-ring (bicyclic) bond motifs is 1. The summed E-state index contributed by atoms with van der Waals surface area (Å²) in [5, 5.41) is 6.84. The van der Waals surface area contributed by atoms with Gasteiger partial charge in [0.25, 0.3) is 11.8 Å². The van der Waals surface area contributed by atoms with Gasteiger partial charge in [-0.15, -0.1) is 0 Å². The number of pyridine rings is 1. The summed E-state index contributed by atoms with van der Waals surface area (Å²) in [6, 6.07) is 5.89. The van der Waals surface area contributed by atoms with E-state index in [-0.39, 0.29) is 54.5 Å². The van der Waals surface area contributed by atoms with Gasteiger partial charge < -0.3 is 20.7 Å². The molecule has 0 spiro atoms. The number of nitrogens with zero attached hydrogens (tertiary/aromatic N) is 4. The number of benzene rings is 1. The lowest BCUT2D eigenvalue weighted by atomic mass is 10.1. The average molecular weight is 494 g/mol. The smallest absolute Gasteiger partial charge is 0.419 e. The number of alkyl halides is 3. The summed E-state index contributed by atoms with van der Waals surface area (Å²) < 4.78 is 46.0. The highest BCUT2D eigenvalue weighted by molar-refractivity contribution is 7.59. The Morgan fingerprint density at radius 3 is 2.59 bits per heavy atom. The molecule has 3 heterocycles. The van der Waals surface area contributed by atoms with Crippen molar-refractivity contribution in [1.29, 1.82) is 0 Å². The Morgan fingerprint density at radius 1 is 1.24 bits per heavy atom. The van der Waals surface area contributed by atoms with Crippen LogP contribution in [0.1, 0.15) is 39.4 Å². The van der Waals surface area contributed by atoms with Gasteiger partial charge in [-0.3, -0.25) is 14.3 Å². The first-order chi connectivity index (χ1) is 15.6. The van der Waals surface area contributed by atoms with Gasteiger partial charge >= 0.3 is 6.18 Å². The molecule has 9 nitrogen and oxygen atoms in total. The molecule has 180 valence electrons. The molecule has 0 fully saturated rings. The van der Waals surface area contributed by atoms with Crippen molar-refractivity contribution >= 4 is 42.5 Å². The number of methoxy groups -OCH3 is 1. The Hall–Kier alpha value is -3.74. The topological polar surface area (TPSA) is 115 Å². The average Bonchev–Trinajstić information content (AvgIpc) is 3.20. The Kier molecular flexibility index (Phi) is 6.77. The van der Waals surface area contributed by atoms with Crippen molar-refractivity contribution in [3.05, 3.63) is 59.5 Å². The predicted octanol–water partition coefficient (Wildman–Crippen LogP) is 3.47. The Bertz CT molecular complexity index is 1230. The lowest BCUT2D eigenvalue weighted by Crippen LogP contribution is -2.43. The number of carbonyl (C=O) groups excluding carboxylic acids is 2. The van der Waals surface area contributed by atoms with E-state index in [2.05, 4.69) is 15.4 Å². The lowest BCUT2D eigenvalue weighted by molar-refractivity contribution is -0.138. The lowest BCUT2D eigenvalue weighted by Gasteiger charge is -2.32. The maximum absolute atomic E-state index is 13.3. The molecule has 0 aliphatic carbocycles. The van der Waals surface area contributed by atoms with Crippen LogP contribution in [0, 0.1) is 0 Å². The number of hydrogen-bond donors (Lipinski definition) is 2. The largest absolute Gasteiger partial charge is 0.496 e. The van der Waals surface area contributed by atoms with Crippen molar-refractivity contribution in [2.75, 3.05) is 29.6 Å². The maximum Gasteiger partial charge on any atom is 0.419 e. The van der Waals surface area contributed by atoms with Crippen LogP contribution < -0.4 is 20.7 Å². The fourth-order valence-corrected chi connectivity index (χ4v) is 3.59. The van der Waals surface area contributed by atoms with Gasteiger partial charge in [-0.1, -0.05) is 0 Å². The first-order valence-electron chi connectivity index (χ1n) is 9.77. The number of anilines is 3. The summed E-state index contributed by atoms with van der Waals surface area (Å²) in [4.78, 5) is 31.1. The van der Waals surface area contributed by atoms with Gasteiger partial charge in [0.2, 0.25) is 0 Å². The quantitative estimate of drug-likeness (QED) is 0.574. The van der Waals surface area contributed by atoms with Crippen LogP contribution in [0.4, 0.5) is 30.4 Å². The van der Waals surface area contributed by atoms with Gasteiger partial charge in [-0.2, -0.15) is 31.8 Å². The number of nitrogens with two attached hydrogens (primary N) is 1. The molecule has 13 heteroatoms. The molecule has 0 saturated heterocycles. The fourth-order valence-electron chi connectivity index (χ4n) is 3.59. The summed E-state index contributed by atoms with van der Waals surface area (Å²) in [6.07, 6.45) is -1.95. The van der Waals surface area contributed by atoms with Crippen LogP contribution >= 0.6 is 13.5 Å². The second kappa shape index (κ2) is 9.25. The Morgan fingerprint density at radius 2 is 1.97 bits per heavy atom. The highest BCUT2D eigenvalue weighted by Gasteiger charge is 2.37. The second-order valence-electron chi connectivity index (χ2n) is 7.42. The molecule has 4 rings (SSSR count). The molecule has 1 atom stereocenters. The zero-order chi connectivity index (χ0) is 23.9. The van der Waals surface area contributed by atoms with E-state index in [4.69, 9.17) is 10.5 Å². The number of ether oxygens (including phenoxy) is 1. The van der Waals surface area contributed by atoms with E-state index in [1.807, 2.05) is 0 Å². The first kappa shape index (κ1) is 24.9. The SMILES string of the molecule is COc1cc(N2C[C@H](C)n3ncc(NC(=O)c4ccc(N)nc4)c3C2=O)ccc1C(F)(F)F.S. The van der Waals surface area contributed by atoms with Gasteiger partial charge in [0.05, 0.1) is 36.2 Å². The molecule has 2 amide bonds. The number of rotatable bonds is 4. The van der Waals surface area contributed by atoms with E-state index >= 15 is 0 Å². The zero-order valence-electron chi connectivity index (χ0n) is 18.1. The number of hydrogen-bond acceptors (Lipinski definition) is 6. The highest BCUT2D eigenvalue weighted by atomic mass is 32.1. The number of aromatic nitrogens is 3. The molecule has 0 saturated carbocycles. The van der Waals surface area contributed by atoms with E-state index in [9.17, 15) is 22.8 Å². The summed E-state index contributed by atoms with van der Waals surface area (Å²) in [5.74, 6) is -1.20. The normalized spacial score (nSPS) is 15.4. The molecule has 3 aromatic rings. The zero-order valence-corrected chi connectivity index (χ0v) is 19.1. The van der Waals surface area contributed by atoms with Gasteiger partial charge in [0.15, 0.2) is 5.69 Å². The van der Waals surface area contributed by atoms with Crippen LogP contribution in [0.2, 0.25) is 0 Å². The maximum atomic E-state index is 13.3. The minimum Gasteiger partial charge on any atom is -0.496 e. The van der Waals surface area contributed by atoms with Crippen molar-refractivity contribution in [3.63, 3.8) is 0 Å². The van der Waals surface area contributed by atoms with E-state index < -0.39 is 29.3 Å². The Labute approximate surface area is 199 Å². The minimum atomic E-state index is -4.60. The molecule has 1 aliphatic rings. The van der Waals surface area contributed by atoms with Gasteiger partial charge in [-0.05, 0) is 31.2 Å². The molecule has 34 heavy (non-hydrogen) atoms. The van der Waals surface area contributed by atoms with E-state index in [0.29, 0.717) is 0 Å². The van der Waals surface area contributed by atoms with Gasteiger partial charge in [0, 0.05) is 24.5 Å². The third-order valence-electron chi connectivity index (χ3n) is 5.21. The van der Waals surface area contributed by atoms with Crippen LogP contribution in [-0.4, -0.2) is 40.2 Å². The molecule has 1 aliphatic heterocycles. The molecule has 0 bridgehead atoms. The van der Waals surface area contributed by atoms with Crippen LogP contribution in [0.3, 0.4) is 0 Å². The van der Waals surface area contributed by atoms with Crippen molar-refractivity contribution in [3.8, 4) is 5.75 Å². The summed E-state index contributed by atoms with van der Waals surface area (Å²) in [7, 11) is 1.13. The van der Waals surface area contributed by atoms with E-state index in [1.54, 1.807) is 6.92 Å². The van der Waals surface area contributed by atoms with E-state index in [0.717, 1.165) is 19.2 Å². The van der Waals surface area contributed by atoms with Gasteiger partial charge in [0.1, 0.15) is 11.6 Å². The molecule has 3 N–H and O–H groups in total. The molecule has 0 radical (unpaired) electrons. The number of halogens is 3. The van der Waals surface area contributed by atoms with Crippen LogP contribution in [0.25, 0.3) is 0 Å². The molecule has 0 unspecified atom stereocenters. The minimum absolute atomic E-state index is 0. The highest BCUT2D eigenvalue weighted by Crippen LogP contribution is 2.39. The van der Waals surface area contributed by atoms with Crippen molar-refractivity contribution in [2.45, 2.75) is 19.1 Å². The van der Waals surface area contributed by atoms with Crippen molar-refractivity contribution in [2.24, 2.45) is 0 Å². The second-order valence-corrected chi connectivity index (χ2v) is 7.42. The number of nitrogens with one attached hydrogen (secondary N) is 1. The Balaban J connectivity index is 0.00000324. The molecular weight excluding hydrogens is 473 g/mol.